The molecule has 2 aromatic carbocycles. The van der Waals surface area contributed by atoms with Crippen LogP contribution < -0.4 is 11.1 Å². The summed E-state index contributed by atoms with van der Waals surface area (Å²) < 4.78 is 29.7. The van der Waals surface area contributed by atoms with Crippen LogP contribution in [0.5, 0.6) is 0 Å². The molecule has 1 aliphatic carbocycles. The molecule has 1 aliphatic heterocycles. The van der Waals surface area contributed by atoms with E-state index in [1.165, 1.54) is 25.0 Å². The Kier molecular flexibility index (Phi) is 12.3. The van der Waals surface area contributed by atoms with E-state index in [0.29, 0.717) is 18.0 Å². The number of piperidine rings is 1. The van der Waals surface area contributed by atoms with E-state index >= 15 is 0 Å². The average molecular weight is 735 g/mol. The van der Waals surface area contributed by atoms with Gasteiger partial charge >= 0.3 is 0 Å². The van der Waals surface area contributed by atoms with Gasteiger partial charge in [-0.05, 0) is 130 Å². The van der Waals surface area contributed by atoms with Crippen molar-refractivity contribution in [2.75, 3.05) is 39.0 Å². The number of hydrogen-bond donors (Lipinski definition) is 2. The number of aliphatic imine (C=N–C) groups is 1. The maximum absolute atomic E-state index is 13.7. The normalized spacial score (nSPS) is 16.5. The molecule has 8 nitrogen and oxygen atoms in total. The Bertz CT molecular complexity index is 1990. The molecule has 1 saturated carbocycles. The van der Waals surface area contributed by atoms with Crippen molar-refractivity contribution in [3.05, 3.63) is 114 Å². The van der Waals surface area contributed by atoms with Crippen molar-refractivity contribution in [3.63, 3.8) is 0 Å². The number of likely N-dealkylation sites (tertiary alicyclic amines) is 1. The van der Waals surface area contributed by atoms with Crippen molar-refractivity contribution in [3.8, 4) is 0 Å². The van der Waals surface area contributed by atoms with Crippen LogP contribution in [-0.4, -0.2) is 69.8 Å². The first-order valence-corrected chi connectivity index (χ1v) is 19.3. The fraction of sp³-hybridized carbons (Fsp3) is 0.432. The summed E-state index contributed by atoms with van der Waals surface area (Å²) in [5, 5.41) is 3.30. The van der Waals surface area contributed by atoms with Gasteiger partial charge < -0.3 is 25.4 Å². The molecule has 0 atom stereocenters. The van der Waals surface area contributed by atoms with Gasteiger partial charge in [0.25, 0.3) is 0 Å². The topological polar surface area (TPSA) is 87.6 Å². The second-order valence-electron chi connectivity index (χ2n) is 15.4. The van der Waals surface area contributed by atoms with Crippen LogP contribution in [0, 0.1) is 30.9 Å². The van der Waals surface area contributed by atoms with Crippen LogP contribution in [0.15, 0.2) is 79.1 Å². The van der Waals surface area contributed by atoms with Crippen molar-refractivity contribution >= 4 is 34.0 Å². The van der Waals surface area contributed by atoms with Crippen LogP contribution in [0.3, 0.4) is 0 Å². The summed E-state index contributed by atoms with van der Waals surface area (Å²) in [6.45, 7) is 16.1. The molecule has 3 heterocycles. The Hall–Kier alpha value is -4.83. The molecule has 0 unspecified atom stereocenters. The van der Waals surface area contributed by atoms with Gasteiger partial charge in [0, 0.05) is 81.3 Å². The number of nitrogens with two attached hydrogens (primary N) is 1. The van der Waals surface area contributed by atoms with Crippen LogP contribution in [0.4, 0.5) is 14.7 Å². The third-order valence-electron chi connectivity index (χ3n) is 11.4. The van der Waals surface area contributed by atoms with E-state index in [4.69, 9.17) is 15.7 Å². The Morgan fingerprint density at radius 1 is 1.06 bits per heavy atom. The van der Waals surface area contributed by atoms with E-state index < -0.39 is 11.6 Å². The maximum atomic E-state index is 13.7. The number of unbranched alkanes of at least 4 members (excludes halogenated alkanes) is 1. The molecule has 0 spiro atoms. The van der Waals surface area contributed by atoms with Gasteiger partial charge in [0.2, 0.25) is 5.95 Å². The number of imidazole rings is 1. The lowest BCUT2D eigenvalue weighted by molar-refractivity contribution is 0.162. The number of pyridine rings is 1. The summed E-state index contributed by atoms with van der Waals surface area (Å²) >= 11 is 0. The molecule has 10 heteroatoms. The number of nitrogens with zero attached hydrogens (tertiary/aromatic N) is 6. The lowest BCUT2D eigenvalue weighted by Gasteiger charge is -2.38. The molecule has 4 aromatic rings. The number of aryl methyl sites for hydroxylation is 2. The summed E-state index contributed by atoms with van der Waals surface area (Å²) in [4.78, 5) is 19.0. The van der Waals surface area contributed by atoms with E-state index in [9.17, 15) is 8.78 Å². The van der Waals surface area contributed by atoms with Crippen LogP contribution in [0.1, 0.15) is 79.4 Å². The number of hydrogen-bond acceptors (Lipinski definition) is 7. The SMILES string of the molecule is C=CNc1nc2ccc(C(=C)N(C)C3CCN(CCc4cc(F)cc(F)c4)CC3)cc2n1CC1(CCCCC(=NC)C(=CN)c2cc(C)cc(C)n2)CC1. The molecule has 6 rings (SSSR count). The number of nitrogens with one attached hydrogen (secondary N) is 1. The summed E-state index contributed by atoms with van der Waals surface area (Å²) in [5.41, 5.74) is 16.1. The number of allylic oxidation sites excluding steroid dienone is 1. The first kappa shape index (κ1) is 38.9. The minimum atomic E-state index is -0.518. The summed E-state index contributed by atoms with van der Waals surface area (Å²) in [6, 6.07) is 14.8. The number of rotatable bonds is 17. The highest BCUT2D eigenvalue weighted by Crippen LogP contribution is 2.52. The number of anilines is 1. The van der Waals surface area contributed by atoms with Gasteiger partial charge in [-0.25, -0.2) is 13.8 Å². The summed E-state index contributed by atoms with van der Waals surface area (Å²) in [6.07, 6.45) is 12.5. The van der Waals surface area contributed by atoms with Crippen molar-refractivity contribution < 1.29 is 8.78 Å². The third-order valence-corrected chi connectivity index (χ3v) is 11.4. The van der Waals surface area contributed by atoms with Gasteiger partial charge in [0.05, 0.1) is 16.7 Å². The van der Waals surface area contributed by atoms with Gasteiger partial charge in [0.15, 0.2) is 0 Å². The van der Waals surface area contributed by atoms with Gasteiger partial charge in [-0.1, -0.05) is 25.6 Å². The molecule has 2 fully saturated rings. The van der Waals surface area contributed by atoms with Crippen LogP contribution >= 0.6 is 0 Å². The number of fused-ring (bicyclic) bond motifs is 1. The lowest BCUT2D eigenvalue weighted by atomic mass is 9.95. The van der Waals surface area contributed by atoms with Gasteiger partial charge in [-0.3, -0.25) is 9.98 Å². The number of halogens is 2. The van der Waals surface area contributed by atoms with Crippen molar-refractivity contribution in [2.24, 2.45) is 16.1 Å². The quantitative estimate of drug-likeness (QED) is 0.0833. The molecule has 286 valence electrons. The zero-order valence-electron chi connectivity index (χ0n) is 32.5. The Balaban J connectivity index is 1.07. The molecule has 0 amide bonds. The number of aromatic nitrogens is 3. The van der Waals surface area contributed by atoms with Crippen molar-refractivity contribution in [2.45, 2.75) is 84.2 Å². The fourth-order valence-electron chi connectivity index (χ4n) is 8.13. The van der Waals surface area contributed by atoms with Crippen molar-refractivity contribution in [1.82, 2.24) is 24.3 Å². The molecule has 3 N–H and O–H groups in total. The van der Waals surface area contributed by atoms with Crippen LogP contribution in [0.2, 0.25) is 0 Å². The summed E-state index contributed by atoms with van der Waals surface area (Å²) in [7, 11) is 3.98. The van der Waals surface area contributed by atoms with Gasteiger partial charge in [0.1, 0.15) is 11.6 Å². The highest BCUT2D eigenvalue weighted by molar-refractivity contribution is 6.23. The van der Waals surface area contributed by atoms with E-state index in [1.54, 1.807) is 12.4 Å². The highest BCUT2D eigenvalue weighted by atomic mass is 19.1. The third kappa shape index (κ3) is 9.27. The first-order chi connectivity index (χ1) is 26.0. The lowest BCUT2D eigenvalue weighted by Crippen LogP contribution is -2.43. The van der Waals surface area contributed by atoms with Gasteiger partial charge in [-0.2, -0.15) is 0 Å². The molecular weight excluding hydrogens is 679 g/mol. The maximum Gasteiger partial charge on any atom is 0.207 e. The van der Waals surface area contributed by atoms with E-state index in [2.05, 4.69) is 82.1 Å². The monoisotopic (exact) mass is 734 g/mol. The highest BCUT2D eigenvalue weighted by Gasteiger charge is 2.43. The van der Waals surface area contributed by atoms with E-state index in [0.717, 1.165) is 127 Å². The molecule has 0 radical (unpaired) electrons. The smallest absolute Gasteiger partial charge is 0.207 e. The Morgan fingerprint density at radius 3 is 2.44 bits per heavy atom. The van der Waals surface area contributed by atoms with Crippen LogP contribution in [0.25, 0.3) is 22.3 Å². The molecule has 1 saturated heterocycles. The predicted octanol–water partition coefficient (Wildman–Crippen LogP) is 8.90. The average Bonchev–Trinajstić information content (AvgIpc) is 3.84. The summed E-state index contributed by atoms with van der Waals surface area (Å²) in [5.74, 6) is -0.221. The fourth-order valence-corrected chi connectivity index (χ4v) is 8.13. The zero-order valence-corrected chi connectivity index (χ0v) is 32.5. The predicted molar refractivity (Wildman–Crippen MR) is 219 cm³/mol. The largest absolute Gasteiger partial charge is 0.404 e. The second-order valence-corrected chi connectivity index (χ2v) is 15.4. The molecule has 0 bridgehead atoms. The van der Waals surface area contributed by atoms with E-state index in [-0.39, 0.29) is 5.41 Å². The first-order valence-electron chi connectivity index (χ1n) is 19.3. The minimum absolute atomic E-state index is 0.233. The number of benzene rings is 2. The second kappa shape index (κ2) is 17.1. The minimum Gasteiger partial charge on any atom is -0.404 e. The molecule has 2 aliphatic rings. The molecule has 2 aromatic heterocycles. The molecular formula is C44H56F2N8. The zero-order chi connectivity index (χ0) is 38.4. The molecule has 54 heavy (non-hydrogen) atoms. The van der Waals surface area contributed by atoms with Gasteiger partial charge in [-0.15, -0.1) is 0 Å². The Morgan fingerprint density at radius 2 is 1.80 bits per heavy atom. The standard InChI is InChI=1S/C44H56F2N8/c1-7-49-43-51-40-12-11-34(32(4)52(6)37-14-20-53(21-15-37)19-13-33-24-35(45)27-36(46)25-33)26-42(40)54(43)29-44(17-18-44)16-9-8-10-39(48-5)38(28-47)41-23-30(2)22-31(3)50-41/h7,11-12,22-28,37H,1,4,8-10,13-21,29,47H2,2-3,5-6H3,(H,49,51). The Labute approximate surface area is 319 Å². The van der Waals surface area contributed by atoms with Crippen molar-refractivity contribution in [1.29, 1.82) is 0 Å². The van der Waals surface area contributed by atoms with E-state index in [1.807, 2.05) is 14.0 Å². The van der Waals surface area contributed by atoms with Crippen LogP contribution in [-0.2, 0) is 13.0 Å².